The van der Waals surface area contributed by atoms with Gasteiger partial charge in [0, 0.05) is 23.2 Å². The van der Waals surface area contributed by atoms with Crippen molar-refractivity contribution in [3.8, 4) is 0 Å². The van der Waals surface area contributed by atoms with Crippen molar-refractivity contribution in [1.82, 2.24) is 0 Å². The Kier molecular flexibility index (Phi) is 4.89. The van der Waals surface area contributed by atoms with Crippen LogP contribution in [0.15, 0.2) is 39.2 Å². The van der Waals surface area contributed by atoms with Crippen LogP contribution in [0.1, 0.15) is 24.0 Å². The Morgan fingerprint density at radius 3 is 2.65 bits per heavy atom. The molecule has 0 bridgehead atoms. The summed E-state index contributed by atoms with van der Waals surface area (Å²) >= 11 is 3.54. The topological polar surface area (TPSA) is 42.4 Å². The third-order valence-corrected chi connectivity index (χ3v) is 3.68. The summed E-state index contributed by atoms with van der Waals surface area (Å²) in [7, 11) is 2.07. The van der Waals surface area contributed by atoms with Gasteiger partial charge in [-0.3, -0.25) is 0 Å². The predicted octanol–water partition coefficient (Wildman–Crippen LogP) is 3.88. The number of aryl methyl sites for hydroxylation is 1. The quantitative estimate of drug-likeness (QED) is 0.900. The van der Waals surface area contributed by atoms with E-state index in [1.54, 1.807) is 0 Å². The Balaban J connectivity index is 2.23. The molecule has 2 N–H and O–H groups in total. The summed E-state index contributed by atoms with van der Waals surface area (Å²) in [6, 6.07) is 10.5. The lowest BCUT2D eigenvalue weighted by Gasteiger charge is -2.22. The minimum absolute atomic E-state index is 0.147. The number of halogens is 1. The first-order chi connectivity index (χ1) is 9.45. The summed E-state index contributed by atoms with van der Waals surface area (Å²) < 4.78 is 6.72. The van der Waals surface area contributed by atoms with Crippen LogP contribution < -0.4 is 10.6 Å². The van der Waals surface area contributed by atoms with Gasteiger partial charge in [-0.05, 0) is 50.1 Å². The van der Waals surface area contributed by atoms with Gasteiger partial charge in [0.05, 0.1) is 6.54 Å². The van der Waals surface area contributed by atoms with Crippen LogP contribution in [0.5, 0.6) is 0 Å². The van der Waals surface area contributed by atoms with E-state index in [1.807, 2.05) is 26.0 Å². The van der Waals surface area contributed by atoms with Crippen LogP contribution in [0, 0.1) is 6.92 Å². The molecule has 0 aliphatic rings. The molecule has 3 nitrogen and oxygen atoms in total. The Morgan fingerprint density at radius 2 is 2.05 bits per heavy atom. The van der Waals surface area contributed by atoms with Crippen LogP contribution in [0.25, 0.3) is 0 Å². The normalized spacial score (nSPS) is 12.4. The van der Waals surface area contributed by atoms with Gasteiger partial charge in [0.25, 0.3) is 0 Å². The second-order valence-electron chi connectivity index (χ2n) is 5.32. The fraction of sp³-hybridized carbons (Fsp3) is 0.375. The molecule has 0 saturated heterocycles. The highest BCUT2D eigenvalue weighted by Gasteiger charge is 2.11. The molecule has 20 heavy (non-hydrogen) atoms. The third-order valence-electron chi connectivity index (χ3n) is 3.19. The van der Waals surface area contributed by atoms with Gasteiger partial charge in [0.15, 0.2) is 0 Å². The van der Waals surface area contributed by atoms with Crippen LogP contribution in [-0.4, -0.2) is 13.1 Å². The fourth-order valence-corrected chi connectivity index (χ4v) is 2.65. The second kappa shape index (κ2) is 6.46. The van der Waals surface area contributed by atoms with Gasteiger partial charge < -0.3 is 15.1 Å². The van der Waals surface area contributed by atoms with Crippen molar-refractivity contribution in [2.75, 3.05) is 11.9 Å². The second-order valence-corrected chi connectivity index (χ2v) is 6.24. The van der Waals surface area contributed by atoms with Crippen LogP contribution in [0.3, 0.4) is 0 Å². The molecule has 0 aliphatic heterocycles. The van der Waals surface area contributed by atoms with Crippen molar-refractivity contribution in [2.45, 2.75) is 32.9 Å². The van der Waals surface area contributed by atoms with Crippen LogP contribution in [0.4, 0.5) is 5.69 Å². The third kappa shape index (κ3) is 3.87. The van der Waals surface area contributed by atoms with Crippen molar-refractivity contribution < 1.29 is 4.42 Å². The maximum Gasteiger partial charge on any atom is 0.123 e. The zero-order valence-electron chi connectivity index (χ0n) is 12.2. The Bertz CT molecular complexity index is 578. The highest BCUT2D eigenvalue weighted by Crippen LogP contribution is 2.27. The standard InChI is InChI=1S/C16H21BrN2O/c1-11(18)8-13-5-6-14(17)9-16(13)19(3)10-15-7-4-12(2)20-15/h4-7,9,11H,8,10,18H2,1-3H3. The number of rotatable bonds is 5. The smallest absolute Gasteiger partial charge is 0.123 e. The number of nitrogens with two attached hydrogens (primary N) is 1. The van der Waals surface area contributed by atoms with Gasteiger partial charge >= 0.3 is 0 Å². The van der Waals surface area contributed by atoms with E-state index < -0.39 is 0 Å². The van der Waals surface area contributed by atoms with E-state index in [0.717, 1.165) is 29.0 Å². The Morgan fingerprint density at radius 1 is 1.30 bits per heavy atom. The minimum atomic E-state index is 0.147. The molecule has 1 atom stereocenters. The predicted molar refractivity (Wildman–Crippen MR) is 87.0 cm³/mol. The van der Waals surface area contributed by atoms with E-state index in [2.05, 4.69) is 46.1 Å². The van der Waals surface area contributed by atoms with Crippen molar-refractivity contribution in [2.24, 2.45) is 5.73 Å². The first-order valence-corrected chi connectivity index (χ1v) is 7.55. The van der Waals surface area contributed by atoms with Crippen molar-refractivity contribution in [1.29, 1.82) is 0 Å². The van der Waals surface area contributed by atoms with Crippen LogP contribution in [-0.2, 0) is 13.0 Å². The highest BCUT2D eigenvalue weighted by atomic mass is 79.9. The van der Waals surface area contributed by atoms with Crippen LogP contribution >= 0.6 is 15.9 Å². The molecule has 0 radical (unpaired) electrons. The van der Waals surface area contributed by atoms with E-state index in [0.29, 0.717) is 0 Å². The molecular formula is C16H21BrN2O. The maximum atomic E-state index is 5.94. The van der Waals surface area contributed by atoms with Gasteiger partial charge in [0.2, 0.25) is 0 Å². The molecule has 108 valence electrons. The number of benzene rings is 1. The summed E-state index contributed by atoms with van der Waals surface area (Å²) in [5, 5.41) is 0. The summed E-state index contributed by atoms with van der Waals surface area (Å²) in [5.41, 5.74) is 8.38. The molecular weight excluding hydrogens is 316 g/mol. The summed E-state index contributed by atoms with van der Waals surface area (Å²) in [6.07, 6.45) is 0.865. The van der Waals surface area contributed by atoms with E-state index in [-0.39, 0.29) is 6.04 Å². The lowest BCUT2D eigenvalue weighted by molar-refractivity contribution is 0.481. The first-order valence-electron chi connectivity index (χ1n) is 6.76. The molecule has 0 aliphatic carbocycles. The lowest BCUT2D eigenvalue weighted by atomic mass is 10.0. The van der Waals surface area contributed by atoms with Crippen molar-refractivity contribution >= 4 is 21.6 Å². The van der Waals surface area contributed by atoms with Gasteiger partial charge in [-0.2, -0.15) is 0 Å². The van der Waals surface area contributed by atoms with Crippen molar-refractivity contribution in [3.63, 3.8) is 0 Å². The zero-order chi connectivity index (χ0) is 14.7. The van der Waals surface area contributed by atoms with Crippen molar-refractivity contribution in [3.05, 3.63) is 51.9 Å². The SMILES string of the molecule is Cc1ccc(CN(C)c2cc(Br)ccc2CC(C)N)o1. The molecule has 0 amide bonds. The van der Waals surface area contributed by atoms with Gasteiger partial charge in [-0.15, -0.1) is 0 Å². The van der Waals surface area contributed by atoms with Gasteiger partial charge in [-0.1, -0.05) is 22.0 Å². The lowest BCUT2D eigenvalue weighted by Crippen LogP contribution is -2.22. The maximum absolute atomic E-state index is 5.94. The number of furan rings is 1. The van der Waals surface area contributed by atoms with Gasteiger partial charge in [0.1, 0.15) is 11.5 Å². The molecule has 1 heterocycles. The number of nitrogens with zero attached hydrogens (tertiary/aromatic N) is 1. The highest BCUT2D eigenvalue weighted by molar-refractivity contribution is 9.10. The molecule has 0 fully saturated rings. The van der Waals surface area contributed by atoms with E-state index in [4.69, 9.17) is 10.2 Å². The molecule has 0 spiro atoms. The minimum Gasteiger partial charge on any atom is -0.464 e. The first kappa shape index (κ1) is 15.1. The number of hydrogen-bond donors (Lipinski definition) is 1. The summed E-state index contributed by atoms with van der Waals surface area (Å²) in [6.45, 7) is 4.74. The monoisotopic (exact) mass is 336 g/mol. The Hall–Kier alpha value is -1.26. The van der Waals surface area contributed by atoms with Crippen LogP contribution in [0.2, 0.25) is 0 Å². The molecule has 2 aromatic rings. The van der Waals surface area contributed by atoms with E-state index in [9.17, 15) is 0 Å². The molecule has 4 heteroatoms. The molecule has 1 aromatic carbocycles. The number of hydrogen-bond acceptors (Lipinski definition) is 3. The largest absolute Gasteiger partial charge is 0.464 e. The molecule has 2 rings (SSSR count). The average Bonchev–Trinajstić information content (AvgIpc) is 2.76. The Labute approximate surface area is 128 Å². The number of anilines is 1. The van der Waals surface area contributed by atoms with E-state index >= 15 is 0 Å². The fourth-order valence-electron chi connectivity index (χ4n) is 2.30. The van der Waals surface area contributed by atoms with Gasteiger partial charge in [-0.25, -0.2) is 0 Å². The summed E-state index contributed by atoms with van der Waals surface area (Å²) in [4.78, 5) is 2.20. The molecule has 1 unspecified atom stereocenters. The molecule has 1 aromatic heterocycles. The zero-order valence-corrected chi connectivity index (χ0v) is 13.8. The average molecular weight is 337 g/mol. The summed E-state index contributed by atoms with van der Waals surface area (Å²) in [5.74, 6) is 1.91. The van der Waals surface area contributed by atoms with E-state index in [1.165, 1.54) is 11.3 Å². The molecule has 0 saturated carbocycles.